The van der Waals surface area contributed by atoms with Gasteiger partial charge in [-0.1, -0.05) is 76.7 Å². The maximum absolute atomic E-state index is 13.9. The number of hydrogen-bond donors (Lipinski definition) is 1. The molecule has 3 rings (SSSR count). The Morgan fingerprint density at radius 1 is 1.00 bits per heavy atom. The first kappa shape index (κ1) is 30.9. The second-order valence-corrected chi connectivity index (χ2v) is 12.5. The zero-order valence-electron chi connectivity index (χ0n) is 21.6. The third-order valence-electron chi connectivity index (χ3n) is 6.08. The molecule has 0 radical (unpaired) electrons. The molecule has 0 bridgehead atoms. The van der Waals surface area contributed by atoms with Gasteiger partial charge in [0.1, 0.15) is 12.6 Å². The number of nitrogens with zero attached hydrogens (tertiary/aromatic N) is 2. The summed E-state index contributed by atoms with van der Waals surface area (Å²) in [6, 6.07) is 18.5. The van der Waals surface area contributed by atoms with E-state index in [2.05, 4.69) is 21.2 Å². The number of hydrogen-bond acceptors (Lipinski definition) is 4. The highest BCUT2D eigenvalue weighted by atomic mass is 79.9. The van der Waals surface area contributed by atoms with Crippen molar-refractivity contribution in [3.05, 3.63) is 92.9 Å². The van der Waals surface area contributed by atoms with E-state index in [0.29, 0.717) is 27.8 Å². The fraction of sp³-hybridized carbons (Fsp3) is 0.286. The van der Waals surface area contributed by atoms with Crippen molar-refractivity contribution in [1.82, 2.24) is 10.2 Å². The lowest BCUT2D eigenvalue weighted by atomic mass is 10.1. The third kappa shape index (κ3) is 8.20. The third-order valence-corrected chi connectivity index (χ3v) is 8.98. The Morgan fingerprint density at radius 3 is 2.28 bits per heavy atom. The van der Waals surface area contributed by atoms with Crippen LogP contribution in [0, 0.1) is 0 Å². The van der Waals surface area contributed by atoms with E-state index < -0.39 is 28.5 Å². The van der Waals surface area contributed by atoms with Gasteiger partial charge in [0.2, 0.25) is 11.8 Å². The molecule has 0 aliphatic heterocycles. The van der Waals surface area contributed by atoms with Crippen molar-refractivity contribution in [2.45, 2.75) is 44.2 Å². The van der Waals surface area contributed by atoms with Gasteiger partial charge in [-0.05, 0) is 67.4 Å². The Labute approximate surface area is 248 Å². The van der Waals surface area contributed by atoms with Gasteiger partial charge in [-0.25, -0.2) is 8.42 Å². The number of amides is 2. The number of rotatable bonds is 12. The van der Waals surface area contributed by atoms with Gasteiger partial charge in [0.25, 0.3) is 10.0 Å². The Balaban J connectivity index is 2.00. The Hall–Kier alpha value is -2.59. The highest BCUT2D eigenvalue weighted by molar-refractivity contribution is 9.10. The van der Waals surface area contributed by atoms with Crippen LogP contribution in [-0.2, 0) is 26.2 Å². The van der Waals surface area contributed by atoms with Crippen LogP contribution in [0.15, 0.2) is 82.2 Å². The standard InChI is InChI=1S/C28H30BrCl2N3O4S/c1-3-4-16-32-28(36)20(2)33(18-21-10-13-23(30)17-26(21)31)27(35)19-34(24-14-11-22(29)12-15-24)39(37,38)25-8-6-5-7-9-25/h5-15,17,20H,3-4,16,18-19H2,1-2H3,(H,32,36)/t20-/m0/s1. The van der Waals surface area contributed by atoms with Crippen molar-refractivity contribution >= 4 is 66.7 Å². The van der Waals surface area contributed by atoms with Crippen LogP contribution in [0.5, 0.6) is 0 Å². The number of sulfonamides is 1. The monoisotopic (exact) mass is 653 g/mol. The summed E-state index contributed by atoms with van der Waals surface area (Å²) < 4.78 is 29.3. The van der Waals surface area contributed by atoms with Crippen molar-refractivity contribution in [3.63, 3.8) is 0 Å². The minimum Gasteiger partial charge on any atom is -0.354 e. The van der Waals surface area contributed by atoms with Crippen LogP contribution in [0.25, 0.3) is 0 Å². The largest absolute Gasteiger partial charge is 0.354 e. The minimum absolute atomic E-state index is 0.0171. The van der Waals surface area contributed by atoms with Gasteiger partial charge in [-0.15, -0.1) is 0 Å². The molecular weight excluding hydrogens is 625 g/mol. The number of anilines is 1. The van der Waals surface area contributed by atoms with E-state index in [4.69, 9.17) is 23.2 Å². The second-order valence-electron chi connectivity index (χ2n) is 8.88. The maximum Gasteiger partial charge on any atom is 0.264 e. The lowest BCUT2D eigenvalue weighted by molar-refractivity contribution is -0.139. The van der Waals surface area contributed by atoms with E-state index >= 15 is 0 Å². The molecule has 0 saturated heterocycles. The van der Waals surface area contributed by atoms with Gasteiger partial charge >= 0.3 is 0 Å². The SMILES string of the molecule is CCCCNC(=O)[C@H](C)N(Cc1ccc(Cl)cc1Cl)C(=O)CN(c1ccc(Br)cc1)S(=O)(=O)c1ccccc1. The molecule has 0 saturated carbocycles. The smallest absolute Gasteiger partial charge is 0.264 e. The average Bonchev–Trinajstić information content (AvgIpc) is 2.92. The Morgan fingerprint density at radius 2 is 1.67 bits per heavy atom. The lowest BCUT2D eigenvalue weighted by Gasteiger charge is -2.32. The van der Waals surface area contributed by atoms with Gasteiger partial charge in [-0.2, -0.15) is 0 Å². The molecule has 0 spiro atoms. The Kier molecular flexibility index (Phi) is 11.2. The van der Waals surface area contributed by atoms with Crippen LogP contribution >= 0.6 is 39.1 Å². The van der Waals surface area contributed by atoms with Crippen molar-refractivity contribution in [2.24, 2.45) is 0 Å². The second kappa shape index (κ2) is 14.2. The first-order valence-corrected chi connectivity index (χ1v) is 15.4. The lowest BCUT2D eigenvalue weighted by Crippen LogP contribution is -2.51. The van der Waals surface area contributed by atoms with Crippen LogP contribution in [0.1, 0.15) is 32.3 Å². The summed E-state index contributed by atoms with van der Waals surface area (Å²) in [4.78, 5) is 28.3. The fourth-order valence-corrected chi connectivity index (χ4v) is 5.98. The summed E-state index contributed by atoms with van der Waals surface area (Å²) in [6.07, 6.45) is 1.69. The van der Waals surface area contributed by atoms with Crippen LogP contribution in [0.3, 0.4) is 0 Å². The van der Waals surface area contributed by atoms with Crippen molar-refractivity contribution in [1.29, 1.82) is 0 Å². The first-order chi connectivity index (χ1) is 18.5. The highest BCUT2D eigenvalue weighted by Gasteiger charge is 2.32. The summed E-state index contributed by atoms with van der Waals surface area (Å²) in [5, 5.41) is 3.62. The van der Waals surface area contributed by atoms with E-state index in [1.54, 1.807) is 67.6 Å². The number of carbonyl (C=O) groups excluding carboxylic acids is 2. The number of halogens is 3. The molecule has 0 aliphatic carbocycles. The summed E-state index contributed by atoms with van der Waals surface area (Å²) in [5.74, 6) is -0.912. The van der Waals surface area contributed by atoms with Gasteiger partial charge in [0, 0.05) is 27.6 Å². The van der Waals surface area contributed by atoms with Crippen LogP contribution < -0.4 is 9.62 Å². The van der Waals surface area contributed by atoms with Gasteiger partial charge in [-0.3, -0.25) is 13.9 Å². The predicted molar refractivity (Wildman–Crippen MR) is 160 cm³/mol. The van der Waals surface area contributed by atoms with Gasteiger partial charge in [0.15, 0.2) is 0 Å². The molecule has 0 fully saturated rings. The number of nitrogens with one attached hydrogen (secondary N) is 1. The maximum atomic E-state index is 13.9. The molecule has 0 heterocycles. The molecule has 1 atom stereocenters. The fourth-order valence-electron chi connectivity index (χ4n) is 3.81. The van der Waals surface area contributed by atoms with E-state index in [-0.39, 0.29) is 17.3 Å². The van der Waals surface area contributed by atoms with Crippen LogP contribution in [-0.4, -0.2) is 44.3 Å². The molecule has 39 heavy (non-hydrogen) atoms. The molecule has 3 aromatic rings. The molecule has 1 N–H and O–H groups in total. The molecule has 11 heteroatoms. The number of unbranched alkanes of at least 4 members (excludes halogenated alkanes) is 1. The number of benzene rings is 3. The topological polar surface area (TPSA) is 86.8 Å². The Bertz CT molecular complexity index is 1390. The van der Waals surface area contributed by atoms with Crippen LogP contribution in [0.2, 0.25) is 10.0 Å². The quantitative estimate of drug-likeness (QED) is 0.233. The zero-order chi connectivity index (χ0) is 28.6. The van der Waals surface area contributed by atoms with Gasteiger partial charge in [0.05, 0.1) is 10.6 Å². The van der Waals surface area contributed by atoms with Crippen LogP contribution in [0.4, 0.5) is 5.69 Å². The van der Waals surface area contributed by atoms with E-state index in [0.717, 1.165) is 21.6 Å². The minimum atomic E-state index is -4.12. The van der Waals surface area contributed by atoms with Crippen molar-refractivity contribution < 1.29 is 18.0 Å². The predicted octanol–water partition coefficient (Wildman–Crippen LogP) is 6.28. The molecule has 0 aromatic heterocycles. The molecule has 7 nitrogen and oxygen atoms in total. The molecule has 3 aromatic carbocycles. The van der Waals surface area contributed by atoms with E-state index in [1.807, 2.05) is 6.92 Å². The van der Waals surface area contributed by atoms with Gasteiger partial charge < -0.3 is 10.2 Å². The molecular formula is C28H30BrCl2N3O4S. The van der Waals surface area contributed by atoms with Crippen molar-refractivity contribution in [3.8, 4) is 0 Å². The normalized spacial score (nSPS) is 12.0. The van der Waals surface area contributed by atoms with E-state index in [1.165, 1.54) is 17.0 Å². The summed E-state index contributed by atoms with van der Waals surface area (Å²) in [5.41, 5.74) is 0.878. The number of carbonyl (C=O) groups is 2. The zero-order valence-corrected chi connectivity index (χ0v) is 25.5. The average molecular weight is 655 g/mol. The molecule has 2 amide bonds. The highest BCUT2D eigenvalue weighted by Crippen LogP contribution is 2.27. The molecule has 0 unspecified atom stereocenters. The summed E-state index contributed by atoms with van der Waals surface area (Å²) in [7, 11) is -4.12. The van der Waals surface area contributed by atoms with E-state index in [9.17, 15) is 18.0 Å². The molecule has 0 aliphatic rings. The molecule has 208 valence electrons. The summed E-state index contributed by atoms with van der Waals surface area (Å²) in [6.45, 7) is 3.54. The first-order valence-electron chi connectivity index (χ1n) is 12.4. The summed E-state index contributed by atoms with van der Waals surface area (Å²) >= 11 is 15.8. The van der Waals surface area contributed by atoms with Crippen molar-refractivity contribution in [2.75, 3.05) is 17.4 Å².